The number of amides is 1. The van der Waals surface area contributed by atoms with Crippen molar-refractivity contribution >= 4 is 34.7 Å². The second-order valence-electron chi connectivity index (χ2n) is 8.63. The topological polar surface area (TPSA) is 92.7 Å². The molecule has 35 heavy (non-hydrogen) atoms. The first-order valence-corrected chi connectivity index (χ1v) is 11.7. The number of halogens is 1. The van der Waals surface area contributed by atoms with E-state index in [4.69, 9.17) is 11.6 Å². The molecule has 1 atom stereocenters. The molecule has 4 aromatic rings. The molecule has 0 spiro atoms. The van der Waals surface area contributed by atoms with Gasteiger partial charge in [0, 0.05) is 36.7 Å². The van der Waals surface area contributed by atoms with Crippen LogP contribution in [0.3, 0.4) is 0 Å². The van der Waals surface area contributed by atoms with E-state index in [1.165, 1.54) is 4.90 Å². The Kier molecular flexibility index (Phi) is 5.90. The first-order chi connectivity index (χ1) is 16.9. The van der Waals surface area contributed by atoms with Crippen LogP contribution >= 0.6 is 11.6 Å². The molecule has 178 valence electrons. The van der Waals surface area contributed by atoms with E-state index in [1.54, 1.807) is 36.8 Å². The first kappa shape index (κ1) is 22.9. The standard InChI is InChI=1S/C26H24ClN5O3/c1-16-5-3-12-31-17(2)21(29-25(16)31)23(33)20-22(18-6-8-19(27)9-7-18)32(26(35)24(20)34)13-4-11-30-14-10-28-15-30/h3,5-10,12,14-15,22,33H,4,11,13H2,1-2H3/b23-20+. The fourth-order valence-corrected chi connectivity index (χ4v) is 4.74. The minimum atomic E-state index is -0.750. The van der Waals surface area contributed by atoms with Gasteiger partial charge in [0.05, 0.1) is 23.6 Å². The highest BCUT2D eigenvalue weighted by molar-refractivity contribution is 6.46. The smallest absolute Gasteiger partial charge is 0.295 e. The number of rotatable bonds is 6. The van der Waals surface area contributed by atoms with E-state index in [0.29, 0.717) is 41.4 Å². The Morgan fingerprint density at radius 2 is 1.86 bits per heavy atom. The summed E-state index contributed by atoms with van der Waals surface area (Å²) in [4.78, 5) is 36.6. The van der Waals surface area contributed by atoms with Crippen LogP contribution in [0.15, 0.2) is 66.9 Å². The summed E-state index contributed by atoms with van der Waals surface area (Å²) in [5, 5.41) is 12.0. The van der Waals surface area contributed by atoms with Gasteiger partial charge in [-0.25, -0.2) is 9.97 Å². The lowest BCUT2D eigenvalue weighted by Gasteiger charge is -2.25. The number of hydrogen-bond donors (Lipinski definition) is 1. The largest absolute Gasteiger partial charge is 0.505 e. The maximum Gasteiger partial charge on any atom is 0.295 e. The van der Waals surface area contributed by atoms with Crippen molar-refractivity contribution in [2.24, 2.45) is 0 Å². The predicted molar refractivity (Wildman–Crippen MR) is 132 cm³/mol. The van der Waals surface area contributed by atoms with Crippen molar-refractivity contribution in [2.75, 3.05) is 6.54 Å². The molecular weight excluding hydrogens is 466 g/mol. The summed E-state index contributed by atoms with van der Waals surface area (Å²) in [6.45, 7) is 4.72. The summed E-state index contributed by atoms with van der Waals surface area (Å²) >= 11 is 6.10. The van der Waals surface area contributed by atoms with Gasteiger partial charge in [-0.15, -0.1) is 0 Å². The van der Waals surface area contributed by atoms with E-state index >= 15 is 0 Å². The fraction of sp³-hybridized carbons (Fsp3) is 0.231. The number of likely N-dealkylation sites (tertiary alicyclic amines) is 1. The Labute approximate surface area is 207 Å². The van der Waals surface area contributed by atoms with Crippen LogP contribution in [0.4, 0.5) is 0 Å². The molecular formula is C26H24ClN5O3. The van der Waals surface area contributed by atoms with Crippen LogP contribution in [0.1, 0.15) is 35.0 Å². The Morgan fingerprint density at radius 3 is 2.54 bits per heavy atom. The number of Topliss-reactive ketones (excluding diaryl/α,β-unsaturated/α-hetero) is 1. The van der Waals surface area contributed by atoms with E-state index in [0.717, 1.165) is 5.56 Å². The molecule has 3 aromatic heterocycles. The Morgan fingerprint density at radius 1 is 1.09 bits per heavy atom. The van der Waals surface area contributed by atoms with Crippen molar-refractivity contribution in [1.29, 1.82) is 0 Å². The van der Waals surface area contributed by atoms with Gasteiger partial charge in [-0.05, 0) is 49.6 Å². The molecule has 8 nitrogen and oxygen atoms in total. The molecule has 1 saturated heterocycles. The number of benzene rings is 1. The zero-order chi connectivity index (χ0) is 24.7. The molecule has 1 unspecified atom stereocenters. The number of nitrogens with zero attached hydrogens (tertiary/aromatic N) is 5. The van der Waals surface area contributed by atoms with Crippen LogP contribution in [0.25, 0.3) is 11.4 Å². The lowest BCUT2D eigenvalue weighted by Crippen LogP contribution is -2.31. The van der Waals surface area contributed by atoms with Crippen molar-refractivity contribution in [2.45, 2.75) is 32.9 Å². The molecule has 1 N–H and O–H groups in total. The molecule has 1 amide bonds. The Bertz CT molecular complexity index is 1450. The minimum absolute atomic E-state index is 0.0316. The van der Waals surface area contributed by atoms with Crippen LogP contribution in [-0.4, -0.2) is 47.2 Å². The minimum Gasteiger partial charge on any atom is -0.505 e. The number of aryl methyl sites for hydroxylation is 3. The number of aromatic nitrogens is 4. The van der Waals surface area contributed by atoms with Gasteiger partial charge in [0.2, 0.25) is 0 Å². The van der Waals surface area contributed by atoms with Crippen molar-refractivity contribution < 1.29 is 14.7 Å². The van der Waals surface area contributed by atoms with Crippen molar-refractivity contribution in [1.82, 2.24) is 23.8 Å². The highest BCUT2D eigenvalue weighted by Crippen LogP contribution is 2.40. The molecule has 1 aliphatic rings. The van der Waals surface area contributed by atoms with Crippen LogP contribution in [-0.2, 0) is 16.1 Å². The SMILES string of the molecule is Cc1cccn2c(C)c(/C(O)=C3\C(=O)C(=O)N(CCCn4ccnc4)C3c3ccc(Cl)cc3)nc12. The molecule has 5 rings (SSSR count). The number of carbonyl (C=O) groups excluding carboxylic acids is 2. The van der Waals surface area contributed by atoms with Crippen molar-refractivity contribution in [3.8, 4) is 0 Å². The predicted octanol–water partition coefficient (Wildman–Crippen LogP) is 4.31. The Balaban J connectivity index is 1.60. The summed E-state index contributed by atoms with van der Waals surface area (Å²) in [5.74, 6) is -1.64. The second kappa shape index (κ2) is 9.03. The third-order valence-corrected chi connectivity index (χ3v) is 6.66. The summed E-state index contributed by atoms with van der Waals surface area (Å²) in [5.41, 5.74) is 3.31. The Hall–Kier alpha value is -3.91. The van der Waals surface area contributed by atoms with E-state index in [-0.39, 0.29) is 17.0 Å². The average molecular weight is 490 g/mol. The van der Waals surface area contributed by atoms with Crippen molar-refractivity contribution in [3.63, 3.8) is 0 Å². The number of carbonyl (C=O) groups is 2. The zero-order valence-corrected chi connectivity index (χ0v) is 20.1. The van der Waals surface area contributed by atoms with Crippen LogP contribution < -0.4 is 0 Å². The van der Waals surface area contributed by atoms with Gasteiger partial charge < -0.3 is 19.0 Å². The molecule has 0 saturated carbocycles. The fourth-order valence-electron chi connectivity index (χ4n) is 4.62. The molecule has 0 bridgehead atoms. The van der Waals surface area contributed by atoms with Crippen molar-refractivity contribution in [3.05, 3.63) is 94.4 Å². The maximum atomic E-state index is 13.3. The number of pyridine rings is 1. The highest BCUT2D eigenvalue weighted by Gasteiger charge is 2.46. The van der Waals surface area contributed by atoms with Gasteiger partial charge in [-0.1, -0.05) is 29.8 Å². The number of fused-ring (bicyclic) bond motifs is 1. The molecule has 0 radical (unpaired) electrons. The summed E-state index contributed by atoms with van der Waals surface area (Å²) in [6, 6.07) is 10.0. The molecule has 0 aliphatic carbocycles. The normalized spacial score (nSPS) is 17.6. The second-order valence-corrected chi connectivity index (χ2v) is 9.07. The lowest BCUT2D eigenvalue weighted by molar-refractivity contribution is -0.139. The monoisotopic (exact) mass is 489 g/mol. The van der Waals surface area contributed by atoms with E-state index in [2.05, 4.69) is 9.97 Å². The van der Waals surface area contributed by atoms with Gasteiger partial charge in [0.25, 0.3) is 11.7 Å². The van der Waals surface area contributed by atoms with E-state index in [9.17, 15) is 14.7 Å². The first-order valence-electron chi connectivity index (χ1n) is 11.3. The average Bonchev–Trinajstić information content (AvgIpc) is 3.54. The van der Waals surface area contributed by atoms with Gasteiger partial charge in [-0.3, -0.25) is 9.59 Å². The molecule has 4 heterocycles. The summed E-state index contributed by atoms with van der Waals surface area (Å²) in [6.07, 6.45) is 7.71. The highest BCUT2D eigenvalue weighted by atomic mass is 35.5. The van der Waals surface area contributed by atoms with Gasteiger partial charge in [0.15, 0.2) is 5.76 Å². The lowest BCUT2D eigenvalue weighted by atomic mass is 9.96. The van der Waals surface area contributed by atoms with Gasteiger partial charge >= 0.3 is 0 Å². The molecule has 1 aromatic carbocycles. The van der Waals surface area contributed by atoms with Gasteiger partial charge in [0.1, 0.15) is 11.3 Å². The van der Waals surface area contributed by atoms with E-state index < -0.39 is 17.7 Å². The maximum absolute atomic E-state index is 13.3. The molecule has 1 fully saturated rings. The summed E-state index contributed by atoms with van der Waals surface area (Å²) < 4.78 is 3.78. The zero-order valence-electron chi connectivity index (χ0n) is 19.3. The number of aliphatic hydroxyl groups excluding tert-OH is 1. The number of ketones is 1. The quantitative estimate of drug-likeness (QED) is 0.247. The van der Waals surface area contributed by atoms with Gasteiger partial charge in [-0.2, -0.15) is 0 Å². The third-order valence-electron chi connectivity index (χ3n) is 6.41. The van der Waals surface area contributed by atoms with Crippen LogP contribution in [0.2, 0.25) is 5.02 Å². The summed E-state index contributed by atoms with van der Waals surface area (Å²) in [7, 11) is 0. The van der Waals surface area contributed by atoms with Crippen LogP contribution in [0, 0.1) is 13.8 Å². The number of hydrogen-bond acceptors (Lipinski definition) is 5. The number of aliphatic hydroxyl groups is 1. The molecule has 1 aliphatic heterocycles. The molecule has 9 heteroatoms. The van der Waals surface area contributed by atoms with Crippen LogP contribution in [0.5, 0.6) is 0 Å². The van der Waals surface area contributed by atoms with E-state index in [1.807, 2.05) is 47.3 Å². The third kappa shape index (κ3) is 4.00. The number of imidazole rings is 2.